The van der Waals surface area contributed by atoms with Crippen molar-refractivity contribution in [1.29, 1.82) is 0 Å². The van der Waals surface area contributed by atoms with Gasteiger partial charge in [0.2, 0.25) is 0 Å². The predicted octanol–water partition coefficient (Wildman–Crippen LogP) is 3.45. The van der Waals surface area contributed by atoms with E-state index in [2.05, 4.69) is 5.32 Å². The van der Waals surface area contributed by atoms with Crippen molar-refractivity contribution in [3.8, 4) is 5.75 Å². The highest BCUT2D eigenvalue weighted by atomic mass is 19.2. The number of ether oxygens (including phenoxy) is 1. The molecule has 2 aliphatic rings. The van der Waals surface area contributed by atoms with E-state index >= 15 is 0 Å². The molecule has 2 N–H and O–H groups in total. The van der Waals surface area contributed by atoms with Crippen molar-refractivity contribution in [2.45, 2.75) is 38.3 Å². The summed E-state index contributed by atoms with van der Waals surface area (Å²) in [7, 11) is 0. The molecule has 1 aliphatic carbocycles. The lowest BCUT2D eigenvalue weighted by molar-refractivity contribution is 0.0234. The number of benzene rings is 2. The summed E-state index contributed by atoms with van der Waals surface area (Å²) in [6, 6.07) is 8.05. The third-order valence-electron chi connectivity index (χ3n) is 5.50. The fourth-order valence-electron chi connectivity index (χ4n) is 3.82. The van der Waals surface area contributed by atoms with E-state index in [0.717, 1.165) is 23.3 Å². The third-order valence-corrected chi connectivity index (χ3v) is 5.50. The Morgan fingerprint density at radius 1 is 1.22 bits per heavy atom. The van der Waals surface area contributed by atoms with Gasteiger partial charge >= 0.3 is 0 Å². The minimum atomic E-state index is -1.14. The van der Waals surface area contributed by atoms with Gasteiger partial charge in [0.05, 0.1) is 24.3 Å². The summed E-state index contributed by atoms with van der Waals surface area (Å²) >= 11 is 0. The van der Waals surface area contributed by atoms with E-state index in [0.29, 0.717) is 19.4 Å². The first-order chi connectivity index (χ1) is 12.9. The molecule has 2 aromatic carbocycles. The zero-order valence-corrected chi connectivity index (χ0v) is 15.0. The minimum absolute atomic E-state index is 0.0441. The van der Waals surface area contributed by atoms with Crippen molar-refractivity contribution < 1.29 is 23.4 Å². The quantitative estimate of drug-likeness (QED) is 0.863. The molecule has 0 spiro atoms. The van der Waals surface area contributed by atoms with Crippen LogP contribution in [0.25, 0.3) is 0 Å². The number of carbonyl (C=O) groups excluding carboxylic acids is 1. The van der Waals surface area contributed by atoms with Crippen LogP contribution in [0, 0.1) is 24.5 Å². The smallest absolute Gasteiger partial charge is 0.254 e. The van der Waals surface area contributed by atoms with Gasteiger partial charge in [-0.1, -0.05) is 12.1 Å². The Balaban J connectivity index is 1.62. The minimum Gasteiger partial charge on any atom is -0.493 e. The normalized spacial score (nSPS) is 21.8. The number of rotatable bonds is 4. The second kappa shape index (κ2) is 6.93. The van der Waals surface area contributed by atoms with Crippen molar-refractivity contribution >= 4 is 5.91 Å². The van der Waals surface area contributed by atoms with Crippen LogP contribution in [0.3, 0.4) is 0 Å². The maximum absolute atomic E-state index is 14.2. The fourth-order valence-corrected chi connectivity index (χ4v) is 3.82. The van der Waals surface area contributed by atoms with Crippen molar-refractivity contribution in [1.82, 2.24) is 5.32 Å². The van der Waals surface area contributed by atoms with Gasteiger partial charge in [-0.25, -0.2) is 8.78 Å². The maximum Gasteiger partial charge on any atom is 0.254 e. The number of halogens is 2. The number of hydrogen-bond acceptors (Lipinski definition) is 3. The SMILES string of the molecule is Cc1ccc(C(=O)N[C@@H](c2ccc3c(c2)CCO3)C2CC(O)C2)c(F)c1F. The van der Waals surface area contributed by atoms with Crippen LogP contribution >= 0.6 is 0 Å². The Morgan fingerprint density at radius 3 is 2.74 bits per heavy atom. The number of aryl methyl sites for hydroxylation is 1. The van der Waals surface area contributed by atoms with Gasteiger partial charge in [0.15, 0.2) is 11.6 Å². The van der Waals surface area contributed by atoms with Crippen molar-refractivity contribution in [2.75, 3.05) is 6.61 Å². The van der Waals surface area contributed by atoms with Gasteiger partial charge in [-0.3, -0.25) is 4.79 Å². The first-order valence-corrected chi connectivity index (χ1v) is 9.13. The highest BCUT2D eigenvalue weighted by Gasteiger charge is 2.36. The summed E-state index contributed by atoms with van der Waals surface area (Å²) in [6.45, 7) is 2.08. The molecule has 1 atom stereocenters. The Bertz CT molecular complexity index is 893. The van der Waals surface area contributed by atoms with Crippen LogP contribution in [0.4, 0.5) is 8.78 Å². The van der Waals surface area contributed by atoms with Crippen LogP contribution in [0.5, 0.6) is 5.75 Å². The topological polar surface area (TPSA) is 58.6 Å². The van der Waals surface area contributed by atoms with E-state index in [-0.39, 0.29) is 29.2 Å². The van der Waals surface area contributed by atoms with Gasteiger partial charge in [0.25, 0.3) is 5.91 Å². The summed E-state index contributed by atoms with van der Waals surface area (Å²) in [5.41, 5.74) is 1.80. The molecule has 0 unspecified atom stereocenters. The van der Waals surface area contributed by atoms with Crippen LogP contribution in [0.1, 0.15) is 45.9 Å². The first-order valence-electron chi connectivity index (χ1n) is 9.13. The third kappa shape index (κ3) is 3.30. The Labute approximate surface area is 156 Å². The highest BCUT2D eigenvalue weighted by molar-refractivity contribution is 5.94. The first kappa shape index (κ1) is 17.9. The molecule has 4 rings (SSSR count). The van der Waals surface area contributed by atoms with Crippen molar-refractivity contribution in [2.24, 2.45) is 5.92 Å². The molecule has 1 saturated carbocycles. The standard InChI is InChI=1S/C21H21F2NO3/c1-11-2-4-16(19(23)18(11)22)21(26)24-20(14-9-15(25)10-14)13-3-5-17-12(8-13)6-7-27-17/h2-5,8,14-15,20,25H,6-7,9-10H2,1H3,(H,24,26)/t14?,15?,20-/m0/s1. The van der Waals surface area contributed by atoms with Crippen molar-refractivity contribution in [3.63, 3.8) is 0 Å². The lowest BCUT2D eigenvalue weighted by atomic mass is 9.74. The van der Waals surface area contributed by atoms with Crippen LogP contribution in [0.2, 0.25) is 0 Å². The average molecular weight is 373 g/mol. The molecule has 6 heteroatoms. The van der Waals surface area contributed by atoms with E-state index in [1.165, 1.54) is 19.1 Å². The lowest BCUT2D eigenvalue weighted by Gasteiger charge is -2.38. The number of fused-ring (bicyclic) bond motifs is 1. The zero-order valence-electron chi connectivity index (χ0n) is 15.0. The Morgan fingerprint density at radius 2 is 2.00 bits per heavy atom. The molecule has 2 aromatic rings. The number of amides is 1. The van der Waals surface area contributed by atoms with Gasteiger partial charge in [0.1, 0.15) is 5.75 Å². The molecule has 4 nitrogen and oxygen atoms in total. The fraction of sp³-hybridized carbons (Fsp3) is 0.381. The number of carbonyl (C=O) groups is 1. The Hall–Kier alpha value is -2.47. The second-order valence-electron chi connectivity index (χ2n) is 7.36. The van der Waals surface area contributed by atoms with Gasteiger partial charge in [-0.05, 0) is 60.6 Å². The monoisotopic (exact) mass is 373 g/mol. The molecule has 0 bridgehead atoms. The molecule has 1 aliphatic heterocycles. The zero-order chi connectivity index (χ0) is 19.1. The number of hydrogen-bond donors (Lipinski definition) is 2. The molecule has 1 amide bonds. The predicted molar refractivity (Wildman–Crippen MR) is 95.7 cm³/mol. The van der Waals surface area contributed by atoms with Gasteiger partial charge in [-0.2, -0.15) is 0 Å². The van der Waals surface area contributed by atoms with Crippen LogP contribution in [0.15, 0.2) is 30.3 Å². The molecule has 0 saturated heterocycles. The number of aliphatic hydroxyl groups is 1. The summed E-state index contributed by atoms with van der Waals surface area (Å²) in [4.78, 5) is 12.7. The Kier molecular flexibility index (Phi) is 4.60. The highest BCUT2D eigenvalue weighted by Crippen LogP contribution is 2.40. The molecule has 0 radical (unpaired) electrons. The molecule has 1 fully saturated rings. The largest absolute Gasteiger partial charge is 0.493 e. The molecule has 0 aromatic heterocycles. The molecule has 1 heterocycles. The molecular formula is C21H21F2NO3. The molecule has 142 valence electrons. The van der Waals surface area contributed by atoms with E-state index in [1.54, 1.807) is 0 Å². The van der Waals surface area contributed by atoms with Gasteiger partial charge < -0.3 is 15.2 Å². The van der Waals surface area contributed by atoms with E-state index < -0.39 is 17.5 Å². The van der Waals surface area contributed by atoms with E-state index in [4.69, 9.17) is 4.74 Å². The van der Waals surface area contributed by atoms with Gasteiger partial charge in [-0.15, -0.1) is 0 Å². The van der Waals surface area contributed by atoms with E-state index in [1.807, 2.05) is 18.2 Å². The second-order valence-corrected chi connectivity index (χ2v) is 7.36. The van der Waals surface area contributed by atoms with Gasteiger partial charge in [0, 0.05) is 6.42 Å². The lowest BCUT2D eigenvalue weighted by Crippen LogP contribution is -2.41. The summed E-state index contributed by atoms with van der Waals surface area (Å²) in [5.74, 6) is -1.92. The van der Waals surface area contributed by atoms with Crippen molar-refractivity contribution in [3.05, 3.63) is 64.2 Å². The molecular weight excluding hydrogens is 352 g/mol. The average Bonchev–Trinajstić information content (AvgIpc) is 3.09. The summed E-state index contributed by atoms with van der Waals surface area (Å²) in [6.07, 6.45) is 1.53. The number of nitrogens with one attached hydrogen (secondary N) is 1. The van der Waals surface area contributed by atoms with Crippen LogP contribution in [-0.4, -0.2) is 23.7 Å². The maximum atomic E-state index is 14.2. The van der Waals surface area contributed by atoms with Crippen LogP contribution in [-0.2, 0) is 6.42 Å². The molecule has 27 heavy (non-hydrogen) atoms. The van der Waals surface area contributed by atoms with Crippen LogP contribution < -0.4 is 10.1 Å². The number of aliphatic hydroxyl groups excluding tert-OH is 1. The summed E-state index contributed by atoms with van der Waals surface area (Å²) < 4.78 is 33.6. The summed E-state index contributed by atoms with van der Waals surface area (Å²) in [5, 5.41) is 12.5. The van der Waals surface area contributed by atoms with E-state index in [9.17, 15) is 18.7 Å².